The number of hydrogen-bond acceptors (Lipinski definition) is 2. The van der Waals surface area contributed by atoms with E-state index in [2.05, 4.69) is 25.7 Å². The smallest absolute Gasteiger partial charge is 0.123 e. The fourth-order valence-electron chi connectivity index (χ4n) is 2.27. The van der Waals surface area contributed by atoms with Gasteiger partial charge in [0, 0.05) is 23.5 Å². The zero-order chi connectivity index (χ0) is 16.0. The molecule has 1 unspecified atom stereocenters. The van der Waals surface area contributed by atoms with Gasteiger partial charge in [-0.25, -0.2) is 0 Å². The van der Waals surface area contributed by atoms with Crippen LogP contribution in [-0.2, 0) is 0 Å². The highest BCUT2D eigenvalue weighted by atomic mass is 35.5. The summed E-state index contributed by atoms with van der Waals surface area (Å²) in [4.78, 5) is 2.30. The quantitative estimate of drug-likeness (QED) is 0.614. The van der Waals surface area contributed by atoms with Crippen molar-refractivity contribution in [1.82, 2.24) is 4.90 Å². The van der Waals surface area contributed by atoms with Gasteiger partial charge in [-0.2, -0.15) is 0 Å². The van der Waals surface area contributed by atoms with E-state index in [-0.39, 0.29) is 5.38 Å². The first kappa shape index (κ1) is 18.6. The fraction of sp³-hybridized carbons (Fsp3) is 0.647. The van der Waals surface area contributed by atoms with Crippen LogP contribution in [0.3, 0.4) is 0 Å². The molecule has 0 saturated carbocycles. The Morgan fingerprint density at radius 1 is 1.24 bits per heavy atom. The molecule has 0 bridgehead atoms. The summed E-state index contributed by atoms with van der Waals surface area (Å²) >= 11 is 12.3. The van der Waals surface area contributed by atoms with Crippen LogP contribution in [0.2, 0.25) is 5.02 Å². The third-order valence-electron chi connectivity index (χ3n) is 3.54. The second kappa shape index (κ2) is 8.87. The van der Waals surface area contributed by atoms with Gasteiger partial charge in [0.25, 0.3) is 0 Å². The van der Waals surface area contributed by atoms with Gasteiger partial charge < -0.3 is 4.74 Å². The Hall–Kier alpha value is -0.440. The van der Waals surface area contributed by atoms with Crippen molar-refractivity contribution in [1.29, 1.82) is 0 Å². The van der Waals surface area contributed by atoms with Crippen molar-refractivity contribution in [2.45, 2.75) is 45.9 Å². The standard InChI is InChI=1S/C17H27Cl2NO/c1-6-20(11-14(5)18)7-8-21-17-9-13(4)16(19)10-15(17)12(2)3/h9-10,12,14H,6-8,11H2,1-5H3. The molecule has 21 heavy (non-hydrogen) atoms. The lowest BCUT2D eigenvalue weighted by Crippen LogP contribution is -2.32. The van der Waals surface area contributed by atoms with E-state index in [1.807, 2.05) is 26.0 Å². The van der Waals surface area contributed by atoms with Gasteiger partial charge in [0.1, 0.15) is 12.4 Å². The van der Waals surface area contributed by atoms with Crippen LogP contribution in [-0.4, -0.2) is 36.5 Å². The van der Waals surface area contributed by atoms with Gasteiger partial charge in [-0.3, -0.25) is 4.90 Å². The third-order valence-corrected chi connectivity index (χ3v) is 4.08. The van der Waals surface area contributed by atoms with Gasteiger partial charge in [-0.05, 0) is 49.6 Å². The van der Waals surface area contributed by atoms with Crippen molar-refractivity contribution in [3.05, 3.63) is 28.3 Å². The Labute approximate surface area is 139 Å². The molecule has 0 aliphatic heterocycles. The number of benzene rings is 1. The summed E-state index contributed by atoms with van der Waals surface area (Å²) in [5.41, 5.74) is 2.22. The SMILES string of the molecule is CCN(CCOc1cc(C)c(Cl)cc1C(C)C)CC(C)Cl. The highest BCUT2D eigenvalue weighted by Gasteiger charge is 2.12. The van der Waals surface area contributed by atoms with Gasteiger partial charge in [0.2, 0.25) is 0 Å². The molecule has 0 heterocycles. The van der Waals surface area contributed by atoms with E-state index in [0.29, 0.717) is 12.5 Å². The lowest BCUT2D eigenvalue weighted by atomic mass is 10.0. The summed E-state index contributed by atoms with van der Waals surface area (Å²) < 4.78 is 6.00. The second-order valence-electron chi connectivity index (χ2n) is 5.82. The summed E-state index contributed by atoms with van der Waals surface area (Å²) in [7, 11) is 0. The Kier molecular flexibility index (Phi) is 7.86. The number of aryl methyl sites for hydroxylation is 1. The minimum absolute atomic E-state index is 0.161. The van der Waals surface area contributed by atoms with Gasteiger partial charge in [-0.1, -0.05) is 32.4 Å². The van der Waals surface area contributed by atoms with Crippen LogP contribution in [0.1, 0.15) is 44.7 Å². The van der Waals surface area contributed by atoms with Crippen molar-refractivity contribution < 1.29 is 4.74 Å². The first-order chi connectivity index (χ1) is 9.85. The molecule has 0 spiro atoms. The van der Waals surface area contributed by atoms with Crippen molar-refractivity contribution in [3.8, 4) is 5.75 Å². The van der Waals surface area contributed by atoms with Crippen molar-refractivity contribution in [2.24, 2.45) is 0 Å². The average molecular weight is 332 g/mol. The average Bonchev–Trinajstić information content (AvgIpc) is 2.40. The summed E-state index contributed by atoms with van der Waals surface area (Å²) in [5, 5.41) is 0.964. The van der Waals surface area contributed by atoms with E-state index in [1.54, 1.807) is 0 Å². The lowest BCUT2D eigenvalue weighted by molar-refractivity contribution is 0.215. The molecule has 0 aliphatic carbocycles. The van der Waals surface area contributed by atoms with Gasteiger partial charge >= 0.3 is 0 Å². The predicted octanol–water partition coefficient (Wildman–Crippen LogP) is 5.10. The molecule has 4 heteroatoms. The molecule has 0 amide bonds. The molecule has 0 radical (unpaired) electrons. The molecular weight excluding hydrogens is 305 g/mol. The Morgan fingerprint density at radius 2 is 1.90 bits per heavy atom. The van der Waals surface area contributed by atoms with Crippen molar-refractivity contribution in [2.75, 3.05) is 26.2 Å². The molecule has 0 aliphatic rings. The minimum atomic E-state index is 0.161. The van der Waals surface area contributed by atoms with E-state index in [0.717, 1.165) is 36.0 Å². The molecule has 1 rings (SSSR count). The first-order valence-electron chi connectivity index (χ1n) is 7.64. The zero-order valence-electron chi connectivity index (χ0n) is 13.7. The Balaban J connectivity index is 2.68. The number of halogens is 2. The number of rotatable bonds is 8. The van der Waals surface area contributed by atoms with Gasteiger partial charge in [-0.15, -0.1) is 11.6 Å². The maximum atomic E-state index is 6.22. The first-order valence-corrected chi connectivity index (χ1v) is 8.45. The lowest BCUT2D eigenvalue weighted by Gasteiger charge is -2.22. The number of hydrogen-bond donors (Lipinski definition) is 0. The maximum absolute atomic E-state index is 6.22. The molecular formula is C17H27Cl2NO. The number of ether oxygens (including phenoxy) is 1. The topological polar surface area (TPSA) is 12.5 Å². The molecule has 120 valence electrons. The Bertz CT molecular complexity index is 447. The van der Waals surface area contributed by atoms with Crippen LogP contribution in [0.25, 0.3) is 0 Å². The van der Waals surface area contributed by atoms with Crippen LogP contribution in [0, 0.1) is 6.92 Å². The summed E-state index contributed by atoms with van der Waals surface area (Å²) in [6.45, 7) is 13.9. The summed E-state index contributed by atoms with van der Waals surface area (Å²) in [6, 6.07) is 4.06. The predicted molar refractivity (Wildman–Crippen MR) is 93.2 cm³/mol. The highest BCUT2D eigenvalue weighted by Crippen LogP contribution is 2.31. The van der Waals surface area contributed by atoms with E-state index in [9.17, 15) is 0 Å². The van der Waals surface area contributed by atoms with Crippen LogP contribution in [0.15, 0.2) is 12.1 Å². The maximum Gasteiger partial charge on any atom is 0.123 e. The normalized spacial score (nSPS) is 13.0. The molecule has 0 saturated heterocycles. The number of alkyl halides is 1. The highest BCUT2D eigenvalue weighted by molar-refractivity contribution is 6.31. The van der Waals surface area contributed by atoms with Crippen LogP contribution in [0.5, 0.6) is 5.75 Å². The van der Waals surface area contributed by atoms with E-state index < -0.39 is 0 Å². The number of likely N-dealkylation sites (N-methyl/N-ethyl adjacent to an activating group) is 1. The van der Waals surface area contributed by atoms with Crippen LogP contribution < -0.4 is 4.74 Å². The summed E-state index contributed by atoms with van der Waals surface area (Å²) in [5.74, 6) is 1.34. The van der Waals surface area contributed by atoms with E-state index >= 15 is 0 Å². The summed E-state index contributed by atoms with van der Waals surface area (Å²) in [6.07, 6.45) is 0. The van der Waals surface area contributed by atoms with Crippen molar-refractivity contribution in [3.63, 3.8) is 0 Å². The molecule has 1 aromatic carbocycles. The van der Waals surface area contributed by atoms with Crippen LogP contribution in [0.4, 0.5) is 0 Å². The zero-order valence-corrected chi connectivity index (χ0v) is 15.3. The molecule has 0 fully saturated rings. The Morgan fingerprint density at radius 3 is 2.43 bits per heavy atom. The molecule has 0 N–H and O–H groups in total. The molecule has 0 aromatic heterocycles. The molecule has 1 atom stereocenters. The fourth-order valence-corrected chi connectivity index (χ4v) is 2.63. The van der Waals surface area contributed by atoms with E-state index in [1.165, 1.54) is 5.56 Å². The third kappa shape index (κ3) is 6.06. The van der Waals surface area contributed by atoms with E-state index in [4.69, 9.17) is 27.9 Å². The second-order valence-corrected chi connectivity index (χ2v) is 6.97. The van der Waals surface area contributed by atoms with Crippen molar-refractivity contribution >= 4 is 23.2 Å². The largest absolute Gasteiger partial charge is 0.492 e. The monoisotopic (exact) mass is 331 g/mol. The number of nitrogens with zero attached hydrogens (tertiary/aromatic N) is 1. The molecule has 2 nitrogen and oxygen atoms in total. The van der Waals surface area contributed by atoms with Gasteiger partial charge in [0.05, 0.1) is 0 Å². The van der Waals surface area contributed by atoms with Gasteiger partial charge in [0.15, 0.2) is 0 Å². The van der Waals surface area contributed by atoms with Crippen LogP contribution >= 0.6 is 23.2 Å². The minimum Gasteiger partial charge on any atom is -0.492 e. The molecule has 1 aromatic rings.